The fourth-order valence-electron chi connectivity index (χ4n) is 3.44. The Morgan fingerprint density at radius 2 is 1.70 bits per heavy atom. The van der Waals surface area contributed by atoms with Crippen molar-refractivity contribution < 1.29 is 13.2 Å². The Kier molecular flexibility index (Phi) is 4.85. The second-order valence-corrected chi connectivity index (χ2v) is 9.81. The first kappa shape index (κ1) is 17.9. The number of thiophene rings is 1. The molecule has 0 aliphatic heterocycles. The standard InChI is InChI=1S/C21H19NO3S2/c23-21(22-18-12-6-8-15-7-4-5-11-17(15)18)19-13-14-20(26-19)27(24,25)16-9-2-1-3-10-16/h1-5,7,9-11,13-14,18H,6,8,12H2,(H,22,23)/t18-/m1/s1. The molecular formula is C21H19NO3S2. The largest absolute Gasteiger partial charge is 0.345 e. The van der Waals surface area contributed by atoms with E-state index in [-0.39, 0.29) is 21.1 Å². The molecule has 6 heteroatoms. The zero-order chi connectivity index (χ0) is 18.9. The first-order chi connectivity index (χ1) is 13.1. The molecule has 0 saturated heterocycles. The van der Waals surface area contributed by atoms with Gasteiger partial charge >= 0.3 is 0 Å². The normalized spacial score (nSPS) is 16.5. The molecule has 1 N–H and O–H groups in total. The summed E-state index contributed by atoms with van der Waals surface area (Å²) in [5.74, 6) is -0.226. The monoisotopic (exact) mass is 397 g/mol. The summed E-state index contributed by atoms with van der Waals surface area (Å²) >= 11 is 1.01. The van der Waals surface area contributed by atoms with Crippen molar-refractivity contribution in [2.45, 2.75) is 34.4 Å². The molecule has 138 valence electrons. The number of sulfone groups is 1. The lowest BCUT2D eigenvalue weighted by Gasteiger charge is -2.26. The van der Waals surface area contributed by atoms with Gasteiger partial charge in [0, 0.05) is 0 Å². The van der Waals surface area contributed by atoms with Gasteiger partial charge in [0.15, 0.2) is 0 Å². The van der Waals surface area contributed by atoms with E-state index in [1.54, 1.807) is 36.4 Å². The Balaban J connectivity index is 1.55. The minimum absolute atomic E-state index is 0.0290. The van der Waals surface area contributed by atoms with Gasteiger partial charge in [-0.05, 0) is 54.7 Å². The first-order valence-corrected chi connectivity index (χ1v) is 11.1. The van der Waals surface area contributed by atoms with Crippen molar-refractivity contribution in [1.82, 2.24) is 5.32 Å². The number of nitrogens with one attached hydrogen (secondary N) is 1. The molecule has 4 nitrogen and oxygen atoms in total. The maximum atomic E-state index is 12.7. The molecule has 2 aromatic carbocycles. The molecule has 1 atom stereocenters. The zero-order valence-electron chi connectivity index (χ0n) is 14.6. The molecular weight excluding hydrogens is 378 g/mol. The molecule has 1 aliphatic carbocycles. The molecule has 1 aromatic heterocycles. The number of carbonyl (C=O) groups excluding carboxylic acids is 1. The molecule has 0 bridgehead atoms. The minimum Gasteiger partial charge on any atom is -0.345 e. The van der Waals surface area contributed by atoms with Crippen LogP contribution < -0.4 is 5.32 Å². The van der Waals surface area contributed by atoms with Gasteiger partial charge < -0.3 is 5.32 Å². The van der Waals surface area contributed by atoms with Gasteiger partial charge in [-0.25, -0.2) is 8.42 Å². The van der Waals surface area contributed by atoms with Crippen LogP contribution in [0.15, 0.2) is 75.8 Å². The van der Waals surface area contributed by atoms with E-state index in [4.69, 9.17) is 0 Å². The Hall–Kier alpha value is -2.44. The highest BCUT2D eigenvalue weighted by Gasteiger charge is 2.25. The van der Waals surface area contributed by atoms with E-state index in [0.29, 0.717) is 4.88 Å². The number of hydrogen-bond acceptors (Lipinski definition) is 4. The fraction of sp³-hybridized carbons (Fsp3) is 0.190. The summed E-state index contributed by atoms with van der Waals surface area (Å²) in [6, 6.07) is 19.5. The Labute approximate surface area is 162 Å². The molecule has 3 aromatic rings. The van der Waals surface area contributed by atoms with E-state index >= 15 is 0 Å². The van der Waals surface area contributed by atoms with Crippen LogP contribution in [0.1, 0.15) is 39.7 Å². The number of carbonyl (C=O) groups is 1. The van der Waals surface area contributed by atoms with Crippen molar-refractivity contribution >= 4 is 27.1 Å². The van der Waals surface area contributed by atoms with Crippen molar-refractivity contribution in [1.29, 1.82) is 0 Å². The maximum Gasteiger partial charge on any atom is 0.261 e. The van der Waals surface area contributed by atoms with Crippen LogP contribution in [0.4, 0.5) is 0 Å². The van der Waals surface area contributed by atoms with Gasteiger partial charge in [-0.3, -0.25) is 4.79 Å². The van der Waals surface area contributed by atoms with Gasteiger partial charge in [-0.15, -0.1) is 11.3 Å². The van der Waals surface area contributed by atoms with Crippen molar-refractivity contribution in [3.05, 3.63) is 82.7 Å². The number of benzene rings is 2. The fourth-order valence-corrected chi connectivity index (χ4v) is 6.07. The number of fused-ring (bicyclic) bond motifs is 1. The van der Waals surface area contributed by atoms with Crippen molar-refractivity contribution in [2.24, 2.45) is 0 Å². The molecule has 4 rings (SSSR count). The highest BCUT2D eigenvalue weighted by atomic mass is 32.2. The average Bonchev–Trinajstić information content (AvgIpc) is 3.20. The second-order valence-electron chi connectivity index (χ2n) is 6.55. The summed E-state index contributed by atoms with van der Waals surface area (Å²) in [6.07, 6.45) is 2.95. The van der Waals surface area contributed by atoms with Crippen molar-refractivity contribution in [3.63, 3.8) is 0 Å². The van der Waals surface area contributed by atoms with Crippen molar-refractivity contribution in [3.8, 4) is 0 Å². The lowest BCUT2D eigenvalue weighted by Crippen LogP contribution is -2.30. The third-order valence-electron chi connectivity index (χ3n) is 4.80. The first-order valence-electron chi connectivity index (χ1n) is 8.84. The number of amides is 1. The Morgan fingerprint density at radius 3 is 2.52 bits per heavy atom. The van der Waals surface area contributed by atoms with Gasteiger partial charge in [0.25, 0.3) is 5.91 Å². The average molecular weight is 398 g/mol. The van der Waals surface area contributed by atoms with Crippen LogP contribution in [0, 0.1) is 0 Å². The molecule has 1 aliphatic rings. The van der Waals surface area contributed by atoms with Gasteiger partial charge in [0.05, 0.1) is 15.8 Å². The molecule has 0 radical (unpaired) electrons. The van der Waals surface area contributed by atoms with E-state index in [9.17, 15) is 13.2 Å². The highest BCUT2D eigenvalue weighted by molar-refractivity contribution is 7.93. The van der Waals surface area contributed by atoms with E-state index < -0.39 is 9.84 Å². The summed E-state index contributed by atoms with van der Waals surface area (Å²) < 4.78 is 25.6. The predicted octanol–water partition coefficient (Wildman–Crippen LogP) is 4.39. The second kappa shape index (κ2) is 7.29. The molecule has 0 spiro atoms. The van der Waals surface area contributed by atoms with Crippen LogP contribution in [0.5, 0.6) is 0 Å². The van der Waals surface area contributed by atoms with Crippen LogP contribution >= 0.6 is 11.3 Å². The van der Waals surface area contributed by atoms with Gasteiger partial charge in [0.2, 0.25) is 9.84 Å². The van der Waals surface area contributed by atoms with Crippen LogP contribution in [0.2, 0.25) is 0 Å². The zero-order valence-corrected chi connectivity index (χ0v) is 16.2. The maximum absolute atomic E-state index is 12.7. The smallest absolute Gasteiger partial charge is 0.261 e. The van der Waals surface area contributed by atoms with Crippen molar-refractivity contribution in [2.75, 3.05) is 0 Å². The number of rotatable bonds is 4. The van der Waals surface area contributed by atoms with E-state index in [1.165, 1.54) is 11.6 Å². The van der Waals surface area contributed by atoms with Gasteiger partial charge in [-0.2, -0.15) is 0 Å². The number of hydrogen-bond donors (Lipinski definition) is 1. The third-order valence-corrected chi connectivity index (χ3v) is 8.14. The summed E-state index contributed by atoms with van der Waals surface area (Å²) in [4.78, 5) is 13.3. The summed E-state index contributed by atoms with van der Waals surface area (Å²) in [6.45, 7) is 0. The lowest BCUT2D eigenvalue weighted by molar-refractivity contribution is 0.0937. The molecule has 0 fully saturated rings. The third kappa shape index (κ3) is 3.55. The molecule has 0 saturated carbocycles. The van der Waals surface area contributed by atoms with E-state index in [1.807, 2.05) is 12.1 Å². The summed E-state index contributed by atoms with van der Waals surface area (Å²) in [5.41, 5.74) is 2.43. The topological polar surface area (TPSA) is 63.2 Å². The summed E-state index contributed by atoms with van der Waals surface area (Å²) in [5, 5.41) is 3.07. The van der Waals surface area contributed by atoms with Crippen LogP contribution in [0.3, 0.4) is 0 Å². The predicted molar refractivity (Wildman–Crippen MR) is 106 cm³/mol. The molecule has 1 amide bonds. The van der Waals surface area contributed by atoms with Gasteiger partial charge in [0.1, 0.15) is 4.21 Å². The van der Waals surface area contributed by atoms with Crippen LogP contribution in [-0.4, -0.2) is 14.3 Å². The quantitative estimate of drug-likeness (QED) is 0.710. The molecule has 1 heterocycles. The summed E-state index contributed by atoms with van der Waals surface area (Å²) in [7, 11) is -3.59. The lowest BCUT2D eigenvalue weighted by atomic mass is 9.88. The molecule has 0 unspecified atom stereocenters. The Morgan fingerprint density at radius 1 is 0.963 bits per heavy atom. The van der Waals surface area contributed by atoms with E-state index in [0.717, 1.165) is 36.2 Å². The highest BCUT2D eigenvalue weighted by Crippen LogP contribution is 2.31. The van der Waals surface area contributed by atoms with Crippen LogP contribution in [-0.2, 0) is 16.3 Å². The van der Waals surface area contributed by atoms with Crippen LogP contribution in [0.25, 0.3) is 0 Å². The SMILES string of the molecule is O=C(N[C@@H]1CCCc2ccccc21)c1ccc(S(=O)(=O)c2ccccc2)s1. The molecule has 27 heavy (non-hydrogen) atoms. The van der Waals surface area contributed by atoms with E-state index in [2.05, 4.69) is 17.4 Å². The number of aryl methyl sites for hydroxylation is 1. The Bertz CT molecular complexity index is 1070. The minimum atomic E-state index is -3.59. The van der Waals surface area contributed by atoms with Gasteiger partial charge in [-0.1, -0.05) is 42.5 Å².